The van der Waals surface area contributed by atoms with Crippen molar-refractivity contribution in [1.82, 2.24) is 19.5 Å². The van der Waals surface area contributed by atoms with E-state index in [1.165, 1.54) is 6.07 Å². The molecule has 3 rings (SSSR count). The van der Waals surface area contributed by atoms with Crippen LogP contribution in [0.15, 0.2) is 12.4 Å². The SMILES string of the molecule is Cn1cnc2c(NCC(=O)OC(C)(C)C)nc3[nH]c(C(=O)O)cc3c21. The average Bonchev–Trinajstić information content (AvgIpc) is 3.06. The summed E-state index contributed by atoms with van der Waals surface area (Å²) in [6.45, 7) is 5.30. The first-order chi connectivity index (χ1) is 11.7. The predicted molar refractivity (Wildman–Crippen MR) is 91.7 cm³/mol. The molecule has 0 aromatic carbocycles. The fourth-order valence-corrected chi connectivity index (χ4v) is 2.57. The molecule has 0 aliphatic rings. The minimum absolute atomic E-state index is 0.0364. The Morgan fingerprint density at radius 1 is 1.40 bits per heavy atom. The first kappa shape index (κ1) is 16.7. The van der Waals surface area contributed by atoms with Crippen molar-refractivity contribution in [2.45, 2.75) is 26.4 Å². The lowest BCUT2D eigenvalue weighted by Crippen LogP contribution is -2.28. The van der Waals surface area contributed by atoms with Gasteiger partial charge in [0.25, 0.3) is 0 Å². The zero-order valence-corrected chi connectivity index (χ0v) is 14.4. The van der Waals surface area contributed by atoms with Crippen molar-refractivity contribution in [3.8, 4) is 0 Å². The van der Waals surface area contributed by atoms with Gasteiger partial charge in [-0.15, -0.1) is 0 Å². The van der Waals surface area contributed by atoms with E-state index in [4.69, 9.17) is 4.74 Å². The Morgan fingerprint density at radius 3 is 2.76 bits per heavy atom. The first-order valence-corrected chi connectivity index (χ1v) is 7.68. The molecule has 3 aromatic rings. The highest BCUT2D eigenvalue weighted by Crippen LogP contribution is 2.28. The number of carboxylic acids is 1. The van der Waals surface area contributed by atoms with Gasteiger partial charge < -0.3 is 24.7 Å². The molecule has 132 valence electrons. The number of rotatable bonds is 4. The summed E-state index contributed by atoms with van der Waals surface area (Å²) in [6, 6.07) is 1.52. The number of H-pyrrole nitrogens is 1. The van der Waals surface area contributed by atoms with E-state index in [1.807, 2.05) is 0 Å². The number of carboxylic acid groups (broad SMARTS) is 1. The van der Waals surface area contributed by atoms with Crippen LogP contribution in [-0.4, -0.2) is 48.7 Å². The van der Waals surface area contributed by atoms with Gasteiger partial charge in [-0.2, -0.15) is 0 Å². The minimum atomic E-state index is -1.07. The zero-order valence-electron chi connectivity index (χ0n) is 14.4. The Balaban J connectivity index is 2.00. The number of nitrogens with zero attached hydrogens (tertiary/aromatic N) is 3. The number of anilines is 1. The molecule has 3 heterocycles. The predicted octanol–water partition coefficient (Wildman–Crippen LogP) is 1.90. The molecule has 9 heteroatoms. The van der Waals surface area contributed by atoms with Gasteiger partial charge in [0, 0.05) is 12.4 Å². The molecular weight excluding hydrogens is 326 g/mol. The smallest absolute Gasteiger partial charge is 0.352 e. The summed E-state index contributed by atoms with van der Waals surface area (Å²) < 4.78 is 7.03. The van der Waals surface area contributed by atoms with E-state index in [2.05, 4.69) is 20.3 Å². The molecule has 3 N–H and O–H groups in total. The molecule has 3 aromatic heterocycles. The molecule has 0 aliphatic heterocycles. The van der Waals surface area contributed by atoms with Gasteiger partial charge in [-0.3, -0.25) is 4.79 Å². The third-order valence-electron chi connectivity index (χ3n) is 3.49. The van der Waals surface area contributed by atoms with E-state index in [0.717, 1.165) is 5.52 Å². The summed E-state index contributed by atoms with van der Waals surface area (Å²) in [6.07, 6.45) is 1.61. The van der Waals surface area contributed by atoms with Crippen LogP contribution in [0.4, 0.5) is 5.82 Å². The molecule has 0 aliphatic carbocycles. The summed E-state index contributed by atoms with van der Waals surface area (Å²) >= 11 is 0. The van der Waals surface area contributed by atoms with Crippen molar-refractivity contribution in [2.75, 3.05) is 11.9 Å². The number of hydrogen-bond acceptors (Lipinski definition) is 6. The lowest BCUT2D eigenvalue weighted by Gasteiger charge is -2.19. The highest BCUT2D eigenvalue weighted by atomic mass is 16.6. The fourth-order valence-electron chi connectivity index (χ4n) is 2.57. The van der Waals surface area contributed by atoms with Crippen molar-refractivity contribution in [3.05, 3.63) is 18.1 Å². The van der Waals surface area contributed by atoms with Crippen LogP contribution in [0.3, 0.4) is 0 Å². The Labute approximate surface area is 143 Å². The Hall–Kier alpha value is -3.10. The van der Waals surface area contributed by atoms with E-state index in [0.29, 0.717) is 22.4 Å². The van der Waals surface area contributed by atoms with Crippen molar-refractivity contribution < 1.29 is 19.4 Å². The van der Waals surface area contributed by atoms with Crippen LogP contribution in [0.2, 0.25) is 0 Å². The topological polar surface area (TPSA) is 122 Å². The number of aromatic amines is 1. The number of aromatic nitrogens is 4. The maximum absolute atomic E-state index is 11.9. The van der Waals surface area contributed by atoms with Crippen LogP contribution in [-0.2, 0) is 16.6 Å². The monoisotopic (exact) mass is 345 g/mol. The number of carbonyl (C=O) groups is 2. The highest BCUT2D eigenvalue weighted by molar-refractivity contribution is 6.08. The van der Waals surface area contributed by atoms with E-state index in [1.54, 1.807) is 38.7 Å². The average molecular weight is 345 g/mol. The van der Waals surface area contributed by atoms with Crippen LogP contribution in [0, 0.1) is 0 Å². The highest BCUT2D eigenvalue weighted by Gasteiger charge is 2.19. The molecular formula is C16H19N5O4. The second-order valence-electron chi connectivity index (χ2n) is 6.70. The normalized spacial score (nSPS) is 11.8. The number of aromatic carboxylic acids is 1. The molecule has 0 fully saturated rings. The maximum Gasteiger partial charge on any atom is 0.352 e. The molecule has 0 saturated heterocycles. The largest absolute Gasteiger partial charge is 0.477 e. The van der Waals surface area contributed by atoms with Gasteiger partial charge >= 0.3 is 11.9 Å². The van der Waals surface area contributed by atoms with E-state index in [-0.39, 0.29) is 12.2 Å². The van der Waals surface area contributed by atoms with Gasteiger partial charge in [-0.1, -0.05) is 0 Å². The van der Waals surface area contributed by atoms with Gasteiger partial charge in [-0.25, -0.2) is 14.8 Å². The van der Waals surface area contributed by atoms with Crippen LogP contribution in [0.5, 0.6) is 0 Å². The van der Waals surface area contributed by atoms with Crippen molar-refractivity contribution >= 4 is 39.8 Å². The summed E-state index contributed by atoms with van der Waals surface area (Å²) in [5.41, 5.74) is 1.14. The van der Waals surface area contributed by atoms with Crippen LogP contribution < -0.4 is 5.32 Å². The van der Waals surface area contributed by atoms with Gasteiger partial charge in [0.2, 0.25) is 0 Å². The number of pyridine rings is 1. The summed E-state index contributed by atoms with van der Waals surface area (Å²) in [7, 11) is 1.81. The second-order valence-corrected chi connectivity index (χ2v) is 6.70. The fraction of sp³-hybridized carbons (Fsp3) is 0.375. The van der Waals surface area contributed by atoms with Gasteiger partial charge in [0.1, 0.15) is 29.0 Å². The minimum Gasteiger partial charge on any atom is -0.477 e. The quantitative estimate of drug-likeness (QED) is 0.617. The molecule has 9 nitrogen and oxygen atoms in total. The molecule has 0 unspecified atom stereocenters. The van der Waals surface area contributed by atoms with Gasteiger partial charge in [0.15, 0.2) is 5.82 Å². The maximum atomic E-state index is 11.9. The Morgan fingerprint density at radius 2 is 2.12 bits per heavy atom. The molecule has 0 spiro atoms. The van der Waals surface area contributed by atoms with Crippen LogP contribution in [0.25, 0.3) is 22.1 Å². The number of imidazole rings is 1. The van der Waals surface area contributed by atoms with Crippen LogP contribution in [0.1, 0.15) is 31.3 Å². The number of hydrogen-bond donors (Lipinski definition) is 3. The molecule has 0 amide bonds. The number of aryl methyl sites for hydroxylation is 1. The molecule has 0 atom stereocenters. The lowest BCUT2D eigenvalue weighted by molar-refractivity contribution is -0.152. The first-order valence-electron chi connectivity index (χ1n) is 7.68. The number of fused-ring (bicyclic) bond motifs is 3. The standard InChI is InChI=1S/C16H19N5O4/c1-16(2,3)25-10(22)6-17-14-11-12(21(4)7-18-11)8-5-9(15(23)24)19-13(8)20-14/h5,7H,6H2,1-4H3,(H,23,24)(H2,17,19,20). The number of carbonyl (C=O) groups excluding carboxylic acids is 1. The summed E-state index contributed by atoms with van der Waals surface area (Å²) in [5, 5.41) is 12.7. The third kappa shape index (κ3) is 3.25. The number of ether oxygens (including phenoxy) is 1. The van der Waals surface area contributed by atoms with Crippen molar-refractivity contribution in [1.29, 1.82) is 0 Å². The van der Waals surface area contributed by atoms with E-state index < -0.39 is 17.5 Å². The Kier molecular flexibility index (Phi) is 3.86. The van der Waals surface area contributed by atoms with Gasteiger partial charge in [-0.05, 0) is 26.8 Å². The number of nitrogens with one attached hydrogen (secondary N) is 2. The molecule has 0 radical (unpaired) electrons. The molecule has 0 saturated carbocycles. The van der Waals surface area contributed by atoms with Gasteiger partial charge in [0.05, 0.1) is 11.8 Å². The number of esters is 1. The second kappa shape index (κ2) is 5.76. The summed E-state index contributed by atoms with van der Waals surface area (Å²) in [4.78, 5) is 34.5. The van der Waals surface area contributed by atoms with Crippen molar-refractivity contribution in [3.63, 3.8) is 0 Å². The van der Waals surface area contributed by atoms with Crippen molar-refractivity contribution in [2.24, 2.45) is 7.05 Å². The third-order valence-corrected chi connectivity index (χ3v) is 3.49. The zero-order chi connectivity index (χ0) is 18.4. The van der Waals surface area contributed by atoms with E-state index >= 15 is 0 Å². The summed E-state index contributed by atoms with van der Waals surface area (Å²) in [5.74, 6) is -1.11. The Bertz CT molecular complexity index is 980. The molecule has 25 heavy (non-hydrogen) atoms. The van der Waals surface area contributed by atoms with E-state index in [9.17, 15) is 14.7 Å². The van der Waals surface area contributed by atoms with Crippen LogP contribution >= 0.6 is 0 Å². The lowest BCUT2D eigenvalue weighted by atomic mass is 10.2. The molecule has 0 bridgehead atoms.